The summed E-state index contributed by atoms with van der Waals surface area (Å²) in [5.41, 5.74) is 7.56. The van der Waals surface area contributed by atoms with Gasteiger partial charge < -0.3 is 10.6 Å². The molecule has 0 bridgehead atoms. The molecular weight excluding hydrogens is 432 g/mol. The molecule has 0 unspecified atom stereocenters. The van der Waals surface area contributed by atoms with E-state index < -0.39 is 6.04 Å². The molecule has 0 aliphatic carbocycles. The molecule has 170 valence electrons. The fraction of sp³-hybridized carbons (Fsp3) is 0.652. The quantitative estimate of drug-likeness (QED) is 0.245. The van der Waals surface area contributed by atoms with Gasteiger partial charge in [-0.1, -0.05) is 76.4 Å². The second-order valence-electron chi connectivity index (χ2n) is 7.15. The number of nitrogens with zero attached hydrogens (tertiary/aromatic N) is 1. The van der Waals surface area contributed by atoms with Crippen LogP contribution in [0.25, 0.3) is 0 Å². The zero-order valence-corrected chi connectivity index (χ0v) is 21.3. The molecule has 0 aromatic heterocycles. The molecule has 2 N–H and O–H groups in total. The normalized spacial score (nSPS) is 13.1. The SMILES string of the molecule is CCCCCCCCN(c1ccc(N)cc1)[C@@H](C(=O)SCC)[C@H](SCC)C(=O)SC. The highest BCUT2D eigenvalue weighted by Gasteiger charge is 2.38. The van der Waals surface area contributed by atoms with Crippen LogP contribution in [0, 0.1) is 0 Å². The van der Waals surface area contributed by atoms with Gasteiger partial charge in [-0.2, -0.15) is 0 Å². The highest BCUT2D eigenvalue weighted by Crippen LogP contribution is 2.31. The molecule has 0 saturated heterocycles. The predicted octanol–water partition coefficient (Wildman–Crippen LogP) is 6.10. The van der Waals surface area contributed by atoms with Crippen molar-refractivity contribution >= 4 is 56.9 Å². The van der Waals surface area contributed by atoms with Gasteiger partial charge in [-0.3, -0.25) is 9.59 Å². The average molecular weight is 471 g/mol. The van der Waals surface area contributed by atoms with E-state index in [1.54, 1.807) is 18.0 Å². The lowest BCUT2D eigenvalue weighted by Gasteiger charge is -2.36. The van der Waals surface area contributed by atoms with Crippen LogP contribution in [-0.4, -0.2) is 45.8 Å². The van der Waals surface area contributed by atoms with Gasteiger partial charge in [0.25, 0.3) is 0 Å². The lowest BCUT2D eigenvalue weighted by molar-refractivity contribution is -0.116. The van der Waals surface area contributed by atoms with Gasteiger partial charge in [0.2, 0.25) is 10.2 Å². The van der Waals surface area contributed by atoms with Crippen molar-refractivity contribution in [3.05, 3.63) is 24.3 Å². The van der Waals surface area contributed by atoms with E-state index in [-0.39, 0.29) is 15.5 Å². The highest BCUT2D eigenvalue weighted by atomic mass is 32.2. The number of hydrogen-bond acceptors (Lipinski definition) is 7. The largest absolute Gasteiger partial charge is 0.399 e. The number of hydrogen-bond donors (Lipinski definition) is 1. The Balaban J connectivity index is 3.19. The van der Waals surface area contributed by atoms with Crippen LogP contribution in [0.4, 0.5) is 11.4 Å². The van der Waals surface area contributed by atoms with Crippen LogP contribution in [0.2, 0.25) is 0 Å². The molecule has 0 spiro atoms. The van der Waals surface area contributed by atoms with E-state index >= 15 is 0 Å². The van der Waals surface area contributed by atoms with Gasteiger partial charge in [-0.15, -0.1) is 11.8 Å². The van der Waals surface area contributed by atoms with Crippen LogP contribution >= 0.6 is 35.3 Å². The zero-order valence-electron chi connectivity index (χ0n) is 18.9. The summed E-state index contributed by atoms with van der Waals surface area (Å²) in [5, 5.41) is -0.233. The van der Waals surface area contributed by atoms with Crippen molar-refractivity contribution in [2.75, 3.05) is 34.9 Å². The number of nitrogen functional groups attached to an aromatic ring is 1. The number of rotatable bonds is 15. The number of nitrogens with two attached hydrogens (primary N) is 1. The maximum absolute atomic E-state index is 13.3. The Morgan fingerprint density at radius 2 is 1.57 bits per heavy atom. The van der Waals surface area contributed by atoms with E-state index in [1.165, 1.54) is 49.2 Å². The van der Waals surface area contributed by atoms with Gasteiger partial charge in [0.05, 0.1) is 0 Å². The van der Waals surface area contributed by atoms with Crippen molar-refractivity contribution in [2.24, 2.45) is 0 Å². The molecule has 4 nitrogen and oxygen atoms in total. The van der Waals surface area contributed by atoms with Crippen LogP contribution < -0.4 is 10.6 Å². The summed E-state index contributed by atoms with van der Waals surface area (Å²) in [4.78, 5) is 28.2. The molecule has 30 heavy (non-hydrogen) atoms. The minimum atomic E-state index is -0.473. The number of carbonyl (C=O) groups is 2. The molecule has 1 rings (SSSR count). The molecule has 0 amide bonds. The lowest BCUT2D eigenvalue weighted by Crippen LogP contribution is -2.50. The van der Waals surface area contributed by atoms with Crippen molar-refractivity contribution in [1.29, 1.82) is 0 Å². The number of unbranched alkanes of at least 4 members (excludes halogenated alkanes) is 5. The summed E-state index contributed by atoms with van der Waals surface area (Å²) in [5.74, 6) is 1.50. The minimum Gasteiger partial charge on any atom is -0.399 e. The number of benzene rings is 1. The summed E-state index contributed by atoms with van der Waals surface area (Å²) in [6.07, 6.45) is 8.92. The van der Waals surface area contributed by atoms with Crippen LogP contribution in [0.1, 0.15) is 59.3 Å². The van der Waals surface area contributed by atoms with Crippen molar-refractivity contribution in [1.82, 2.24) is 0 Å². The molecule has 0 saturated carbocycles. The van der Waals surface area contributed by atoms with Gasteiger partial charge in [-0.25, -0.2) is 0 Å². The first-order valence-corrected chi connectivity index (χ1v) is 14.2. The highest BCUT2D eigenvalue weighted by molar-refractivity contribution is 8.16. The summed E-state index contributed by atoms with van der Waals surface area (Å²) >= 11 is 4.12. The van der Waals surface area contributed by atoms with E-state index in [9.17, 15) is 9.59 Å². The zero-order chi connectivity index (χ0) is 22.4. The molecule has 0 aliphatic heterocycles. The number of anilines is 2. The Morgan fingerprint density at radius 3 is 2.13 bits per heavy atom. The first-order chi connectivity index (χ1) is 14.5. The standard InChI is InChI=1S/C23H38N2O2S3/c1-5-8-9-10-11-12-17-25(19-15-13-18(24)14-16-19)20(22(26)30-7-3)21(29-6-2)23(27)28-4/h13-16,20-21H,5-12,17,24H2,1-4H3/t20-,21+/m1/s1. The first-order valence-electron chi connectivity index (χ1n) is 11.0. The van der Waals surface area contributed by atoms with E-state index in [0.717, 1.165) is 30.8 Å². The molecule has 7 heteroatoms. The topological polar surface area (TPSA) is 63.4 Å². The smallest absolute Gasteiger partial charge is 0.212 e. The van der Waals surface area contributed by atoms with E-state index in [1.807, 2.05) is 38.1 Å². The summed E-state index contributed by atoms with van der Waals surface area (Å²) in [6, 6.07) is 7.22. The van der Waals surface area contributed by atoms with Gasteiger partial charge in [-0.05, 0) is 48.4 Å². The van der Waals surface area contributed by atoms with Gasteiger partial charge in [0.1, 0.15) is 11.3 Å². The number of carbonyl (C=O) groups excluding carboxylic acids is 2. The Hall–Kier alpha value is -0.790. The Morgan fingerprint density at radius 1 is 0.933 bits per heavy atom. The summed E-state index contributed by atoms with van der Waals surface area (Å²) < 4.78 is 0. The van der Waals surface area contributed by atoms with Crippen molar-refractivity contribution in [3.8, 4) is 0 Å². The van der Waals surface area contributed by atoms with Crippen LogP contribution in [0.15, 0.2) is 24.3 Å². The monoisotopic (exact) mass is 470 g/mol. The average Bonchev–Trinajstić information content (AvgIpc) is 2.74. The molecule has 2 atom stereocenters. The van der Waals surface area contributed by atoms with Crippen molar-refractivity contribution in [3.63, 3.8) is 0 Å². The predicted molar refractivity (Wildman–Crippen MR) is 139 cm³/mol. The summed E-state index contributed by atoms with van der Waals surface area (Å²) in [7, 11) is 0. The molecule has 0 aliphatic rings. The van der Waals surface area contributed by atoms with Crippen LogP contribution in [0.5, 0.6) is 0 Å². The van der Waals surface area contributed by atoms with E-state index in [0.29, 0.717) is 11.4 Å². The molecular formula is C23H38N2O2S3. The van der Waals surface area contributed by atoms with Gasteiger partial charge >= 0.3 is 0 Å². The van der Waals surface area contributed by atoms with Crippen LogP contribution in [0.3, 0.4) is 0 Å². The Kier molecular flexibility index (Phi) is 14.5. The second kappa shape index (κ2) is 15.9. The van der Waals surface area contributed by atoms with Crippen LogP contribution in [-0.2, 0) is 9.59 Å². The second-order valence-corrected chi connectivity index (χ2v) is 10.6. The van der Waals surface area contributed by atoms with E-state index in [4.69, 9.17) is 5.73 Å². The maximum Gasteiger partial charge on any atom is 0.212 e. The third kappa shape index (κ3) is 9.15. The first kappa shape index (κ1) is 27.2. The van der Waals surface area contributed by atoms with Crippen molar-refractivity contribution < 1.29 is 9.59 Å². The van der Waals surface area contributed by atoms with E-state index in [2.05, 4.69) is 11.8 Å². The van der Waals surface area contributed by atoms with Gasteiger partial charge in [0, 0.05) is 17.9 Å². The Labute approximate surface area is 195 Å². The molecule has 0 radical (unpaired) electrons. The molecule has 0 heterocycles. The third-order valence-electron chi connectivity index (χ3n) is 4.91. The third-order valence-corrected chi connectivity index (χ3v) is 7.69. The lowest BCUT2D eigenvalue weighted by atomic mass is 10.1. The molecule has 1 aromatic carbocycles. The maximum atomic E-state index is 13.3. The summed E-state index contributed by atoms with van der Waals surface area (Å²) in [6.45, 7) is 7.01. The van der Waals surface area contributed by atoms with Crippen molar-refractivity contribution in [2.45, 2.75) is 70.6 Å². The molecule has 1 aromatic rings. The fourth-order valence-corrected chi connectivity index (χ4v) is 5.99. The fourth-order valence-electron chi connectivity index (χ4n) is 3.38. The number of thioether (sulfide) groups is 3. The minimum absolute atomic E-state index is 0.0697. The Bertz CT molecular complexity index is 625. The molecule has 0 fully saturated rings. The van der Waals surface area contributed by atoms with Gasteiger partial charge in [0.15, 0.2) is 0 Å².